The highest BCUT2D eigenvalue weighted by Crippen LogP contribution is 2.28. The van der Waals surface area contributed by atoms with E-state index in [4.69, 9.17) is 4.74 Å². The molecule has 0 aliphatic heterocycles. The normalized spacial score (nSPS) is 10.7. The predicted octanol–water partition coefficient (Wildman–Crippen LogP) is 4.15. The van der Waals surface area contributed by atoms with Gasteiger partial charge in [-0.2, -0.15) is 0 Å². The fourth-order valence-corrected chi connectivity index (χ4v) is 4.77. The van der Waals surface area contributed by atoms with E-state index in [0.717, 1.165) is 10.4 Å². The minimum Gasteiger partial charge on any atom is -0.496 e. The first-order chi connectivity index (χ1) is 16.4. The number of carbonyl (C=O) groups is 2. The molecule has 0 fully saturated rings. The fourth-order valence-electron chi connectivity index (χ4n) is 3.09. The number of tetrazole rings is 1. The lowest BCUT2D eigenvalue weighted by Crippen LogP contribution is -2.21. The largest absolute Gasteiger partial charge is 0.496 e. The number of benzene rings is 2. The number of nitrogens with one attached hydrogen (secondary N) is 2. The first kappa shape index (κ1) is 23.4. The number of nitrogens with zero attached hydrogens (tertiary/aromatic N) is 5. The van der Waals surface area contributed by atoms with Gasteiger partial charge in [0.2, 0.25) is 5.16 Å². The summed E-state index contributed by atoms with van der Waals surface area (Å²) in [6.07, 6.45) is 1.69. The van der Waals surface area contributed by atoms with E-state index >= 15 is 0 Å². The summed E-state index contributed by atoms with van der Waals surface area (Å²) in [5, 5.41) is 17.9. The van der Waals surface area contributed by atoms with Crippen LogP contribution in [0.2, 0.25) is 0 Å². The van der Waals surface area contributed by atoms with Crippen molar-refractivity contribution in [3.8, 4) is 5.75 Å². The van der Waals surface area contributed by atoms with Gasteiger partial charge in [0.15, 0.2) is 10.9 Å². The van der Waals surface area contributed by atoms with E-state index in [1.54, 1.807) is 54.3 Å². The Hall–Kier alpha value is -3.77. The van der Waals surface area contributed by atoms with Gasteiger partial charge < -0.3 is 10.1 Å². The van der Waals surface area contributed by atoms with Crippen molar-refractivity contribution in [1.29, 1.82) is 0 Å². The van der Waals surface area contributed by atoms with Gasteiger partial charge in [0.05, 0.1) is 18.4 Å². The molecule has 0 saturated carbocycles. The molecule has 0 radical (unpaired) electrons. The Kier molecular flexibility index (Phi) is 7.18. The van der Waals surface area contributed by atoms with Gasteiger partial charge in [-0.25, -0.2) is 14.5 Å². The zero-order valence-corrected chi connectivity index (χ0v) is 20.2. The van der Waals surface area contributed by atoms with Crippen molar-refractivity contribution in [2.24, 2.45) is 7.05 Å². The second-order valence-electron chi connectivity index (χ2n) is 7.16. The van der Waals surface area contributed by atoms with E-state index in [-0.39, 0.29) is 5.78 Å². The molecule has 10 nitrogen and oxygen atoms in total. The molecule has 0 saturated heterocycles. The number of hydrogen-bond acceptors (Lipinski definition) is 9. The van der Waals surface area contributed by atoms with Crippen LogP contribution in [0.15, 0.2) is 53.8 Å². The maximum absolute atomic E-state index is 13.3. The van der Waals surface area contributed by atoms with Crippen LogP contribution in [0.25, 0.3) is 0 Å². The van der Waals surface area contributed by atoms with Gasteiger partial charge in [-0.15, -0.1) is 16.4 Å². The highest BCUT2D eigenvalue weighted by Gasteiger charge is 2.19. The van der Waals surface area contributed by atoms with Crippen LogP contribution in [0.3, 0.4) is 0 Å². The van der Waals surface area contributed by atoms with Crippen molar-refractivity contribution in [3.63, 3.8) is 0 Å². The Balaban J connectivity index is 1.45. The quantitative estimate of drug-likeness (QED) is 0.276. The molecule has 0 spiro atoms. The Morgan fingerprint density at radius 2 is 1.97 bits per heavy atom. The van der Waals surface area contributed by atoms with Crippen LogP contribution in [0.1, 0.15) is 26.4 Å². The summed E-state index contributed by atoms with van der Waals surface area (Å²) in [7, 11) is 3.28. The van der Waals surface area contributed by atoms with E-state index in [1.807, 2.05) is 13.0 Å². The van der Waals surface area contributed by atoms with Crippen molar-refractivity contribution in [2.45, 2.75) is 17.8 Å². The number of ether oxygens (including phenoxy) is 1. The summed E-state index contributed by atoms with van der Waals surface area (Å²) in [6, 6.07) is 11.8. The molecule has 2 N–H and O–H groups in total. The SMILES string of the molecule is COc1ccccc1C(=O)c1cc(C)ccc1NC(=O)Nc1ncc(CSc2nnnn2C)s1. The molecule has 4 aromatic rings. The summed E-state index contributed by atoms with van der Waals surface area (Å²) >= 11 is 2.82. The number of rotatable bonds is 8. The lowest BCUT2D eigenvalue weighted by Gasteiger charge is -2.13. The van der Waals surface area contributed by atoms with Crippen molar-refractivity contribution < 1.29 is 14.3 Å². The molecular weight excluding hydrogens is 474 g/mol. The van der Waals surface area contributed by atoms with Crippen LogP contribution < -0.4 is 15.4 Å². The lowest BCUT2D eigenvalue weighted by molar-refractivity contribution is 0.103. The number of methoxy groups -OCH3 is 1. The summed E-state index contributed by atoms with van der Waals surface area (Å²) in [5.41, 5.74) is 2.07. The molecule has 0 aliphatic rings. The van der Waals surface area contributed by atoms with Gasteiger partial charge in [-0.1, -0.05) is 35.5 Å². The number of carbonyl (C=O) groups excluding carboxylic acids is 2. The minimum atomic E-state index is -0.496. The van der Waals surface area contributed by atoms with Crippen molar-refractivity contribution in [2.75, 3.05) is 17.7 Å². The number of aryl methyl sites for hydroxylation is 2. The Morgan fingerprint density at radius 3 is 2.74 bits per heavy atom. The van der Waals surface area contributed by atoms with Crippen LogP contribution >= 0.6 is 23.1 Å². The molecule has 0 bridgehead atoms. The zero-order chi connectivity index (χ0) is 24.1. The second-order valence-corrected chi connectivity index (χ2v) is 9.22. The van der Waals surface area contributed by atoms with E-state index in [0.29, 0.717) is 38.6 Å². The third-order valence-electron chi connectivity index (χ3n) is 4.72. The Labute approximate surface area is 203 Å². The molecule has 0 atom stereocenters. The lowest BCUT2D eigenvalue weighted by atomic mass is 9.99. The van der Waals surface area contributed by atoms with Crippen molar-refractivity contribution in [3.05, 3.63) is 70.2 Å². The number of anilines is 2. The number of aromatic nitrogens is 5. The molecule has 0 unspecified atom stereocenters. The van der Waals surface area contributed by atoms with E-state index in [9.17, 15) is 9.59 Å². The summed E-state index contributed by atoms with van der Waals surface area (Å²) in [6.45, 7) is 1.88. The predicted molar refractivity (Wildman–Crippen MR) is 131 cm³/mol. The summed E-state index contributed by atoms with van der Waals surface area (Å²) < 4.78 is 6.92. The van der Waals surface area contributed by atoms with Crippen LogP contribution in [0.5, 0.6) is 5.75 Å². The molecule has 4 rings (SSSR count). The third-order valence-corrected chi connectivity index (χ3v) is 6.87. The van der Waals surface area contributed by atoms with Gasteiger partial charge >= 0.3 is 6.03 Å². The molecule has 12 heteroatoms. The van der Waals surface area contributed by atoms with E-state index in [1.165, 1.54) is 30.2 Å². The van der Waals surface area contributed by atoms with Crippen molar-refractivity contribution >= 4 is 45.7 Å². The van der Waals surface area contributed by atoms with E-state index < -0.39 is 6.03 Å². The van der Waals surface area contributed by atoms with Crippen molar-refractivity contribution in [1.82, 2.24) is 25.2 Å². The smallest absolute Gasteiger partial charge is 0.325 e. The highest BCUT2D eigenvalue weighted by molar-refractivity contribution is 7.98. The number of para-hydroxylation sites is 1. The second kappa shape index (κ2) is 10.4. The zero-order valence-electron chi connectivity index (χ0n) is 18.6. The average Bonchev–Trinajstić information content (AvgIpc) is 3.46. The third kappa shape index (κ3) is 5.41. The Morgan fingerprint density at radius 1 is 1.15 bits per heavy atom. The molecule has 174 valence electrons. The molecule has 2 aromatic carbocycles. The molecule has 2 heterocycles. The van der Waals surface area contributed by atoms with Gasteiger partial charge in [0.1, 0.15) is 5.75 Å². The summed E-state index contributed by atoms with van der Waals surface area (Å²) in [4.78, 5) is 31.1. The monoisotopic (exact) mass is 495 g/mol. The maximum Gasteiger partial charge on any atom is 0.325 e. The molecule has 34 heavy (non-hydrogen) atoms. The molecule has 0 aliphatic carbocycles. The van der Waals surface area contributed by atoms with Gasteiger partial charge in [-0.05, 0) is 41.6 Å². The maximum atomic E-state index is 13.3. The number of ketones is 1. The van der Waals surface area contributed by atoms with Gasteiger partial charge in [0.25, 0.3) is 0 Å². The summed E-state index contributed by atoms with van der Waals surface area (Å²) in [5.74, 6) is 0.836. The van der Waals surface area contributed by atoms with E-state index in [2.05, 4.69) is 31.1 Å². The number of urea groups is 1. The average molecular weight is 496 g/mol. The van der Waals surface area contributed by atoms with Crippen LogP contribution in [0, 0.1) is 6.92 Å². The molecule has 2 aromatic heterocycles. The van der Waals surface area contributed by atoms with Gasteiger partial charge in [0, 0.05) is 29.4 Å². The fraction of sp³-hybridized carbons (Fsp3) is 0.182. The molecular formula is C22H21N7O3S2. The number of thioether (sulfide) groups is 1. The van der Waals surface area contributed by atoms with Crippen LogP contribution in [0.4, 0.5) is 15.6 Å². The Bertz CT molecular complexity index is 1340. The minimum absolute atomic E-state index is 0.247. The topological polar surface area (TPSA) is 124 Å². The highest BCUT2D eigenvalue weighted by atomic mass is 32.2. The number of amides is 2. The molecule has 2 amide bonds. The standard InChI is InChI=1S/C22H21N7O3S2/c1-13-8-9-17(16(10-13)19(30)15-6-4-5-7-18(15)32-3)24-20(31)25-21-23-11-14(34-21)12-33-22-26-27-28-29(22)2/h4-11H,12H2,1-3H3,(H2,23,24,25,31). The first-order valence-electron chi connectivity index (χ1n) is 10.1. The first-order valence-corrected chi connectivity index (χ1v) is 11.9. The van der Waals surface area contributed by atoms with Gasteiger partial charge in [-0.3, -0.25) is 10.1 Å². The number of hydrogen-bond donors (Lipinski definition) is 2. The number of thiazole rings is 1. The van der Waals surface area contributed by atoms with Crippen LogP contribution in [-0.2, 0) is 12.8 Å². The van der Waals surface area contributed by atoms with Crippen LogP contribution in [-0.4, -0.2) is 44.1 Å².